The van der Waals surface area contributed by atoms with Crippen molar-refractivity contribution in [3.63, 3.8) is 0 Å². The molecule has 0 aromatic carbocycles. The van der Waals surface area contributed by atoms with Crippen LogP contribution < -0.4 is 5.32 Å². The number of hydrogen-bond donors (Lipinski definition) is 1. The van der Waals surface area contributed by atoms with Crippen molar-refractivity contribution in [3.8, 4) is 0 Å². The summed E-state index contributed by atoms with van der Waals surface area (Å²) in [6.45, 7) is 5.97. The first-order valence-corrected chi connectivity index (χ1v) is 7.62. The Labute approximate surface area is 120 Å². The molecule has 1 amide bonds. The lowest BCUT2D eigenvalue weighted by Gasteiger charge is -2.44. The fourth-order valence-electron chi connectivity index (χ4n) is 3.52. The van der Waals surface area contributed by atoms with Gasteiger partial charge in [-0.3, -0.25) is 9.78 Å². The summed E-state index contributed by atoms with van der Waals surface area (Å²) in [6, 6.07) is 3.73. The summed E-state index contributed by atoms with van der Waals surface area (Å²) in [5.41, 5.74) is 2.08. The molecule has 0 atom stereocenters. The molecule has 0 radical (unpaired) electrons. The standard InChI is InChI=1S/C16H23N3O/c1-13-14(3-2-8-18-13)15(20)19-11-6-16(7-12-19)4-9-17-10-5-16/h2-3,8,17H,4-7,9-12H2,1H3. The second-order valence-electron chi connectivity index (χ2n) is 6.18. The van der Waals surface area contributed by atoms with E-state index in [9.17, 15) is 4.79 Å². The minimum Gasteiger partial charge on any atom is -0.339 e. The quantitative estimate of drug-likeness (QED) is 0.851. The van der Waals surface area contributed by atoms with Crippen molar-refractivity contribution in [2.75, 3.05) is 26.2 Å². The van der Waals surface area contributed by atoms with Crippen LogP contribution in [-0.2, 0) is 0 Å². The molecule has 3 rings (SSSR count). The van der Waals surface area contributed by atoms with Gasteiger partial charge in [0.15, 0.2) is 0 Å². The molecule has 0 aliphatic carbocycles. The number of aromatic nitrogens is 1. The van der Waals surface area contributed by atoms with Crippen LogP contribution in [0.3, 0.4) is 0 Å². The maximum Gasteiger partial charge on any atom is 0.255 e. The van der Waals surface area contributed by atoms with E-state index in [4.69, 9.17) is 0 Å². The highest BCUT2D eigenvalue weighted by atomic mass is 16.2. The van der Waals surface area contributed by atoms with Crippen molar-refractivity contribution in [2.45, 2.75) is 32.6 Å². The van der Waals surface area contributed by atoms with Gasteiger partial charge in [0, 0.05) is 25.0 Å². The van der Waals surface area contributed by atoms with Crippen LogP contribution in [0, 0.1) is 12.3 Å². The fourth-order valence-corrected chi connectivity index (χ4v) is 3.52. The van der Waals surface area contributed by atoms with Crippen molar-refractivity contribution in [1.82, 2.24) is 15.2 Å². The molecule has 1 N–H and O–H groups in total. The molecule has 108 valence electrons. The fraction of sp³-hybridized carbons (Fsp3) is 0.625. The van der Waals surface area contributed by atoms with Crippen LogP contribution in [0.4, 0.5) is 0 Å². The Hall–Kier alpha value is -1.42. The molecule has 4 nitrogen and oxygen atoms in total. The molecule has 2 aliphatic rings. The van der Waals surface area contributed by atoms with Gasteiger partial charge in [-0.05, 0) is 63.2 Å². The number of rotatable bonds is 1. The molecule has 1 aromatic heterocycles. The summed E-state index contributed by atoms with van der Waals surface area (Å²) in [5.74, 6) is 0.152. The van der Waals surface area contributed by atoms with E-state index in [1.807, 2.05) is 24.0 Å². The molecule has 2 saturated heterocycles. The smallest absolute Gasteiger partial charge is 0.255 e. The first-order chi connectivity index (χ1) is 9.70. The van der Waals surface area contributed by atoms with E-state index in [1.165, 1.54) is 12.8 Å². The highest BCUT2D eigenvalue weighted by Crippen LogP contribution is 2.39. The van der Waals surface area contributed by atoms with E-state index in [0.717, 1.165) is 50.3 Å². The molecular formula is C16H23N3O. The van der Waals surface area contributed by atoms with Gasteiger partial charge in [-0.25, -0.2) is 0 Å². The summed E-state index contributed by atoms with van der Waals surface area (Å²) in [5, 5.41) is 3.43. The molecule has 1 aromatic rings. The third-order valence-electron chi connectivity index (χ3n) is 5.01. The van der Waals surface area contributed by atoms with E-state index in [2.05, 4.69) is 10.3 Å². The monoisotopic (exact) mass is 273 g/mol. The molecule has 0 unspecified atom stereocenters. The Morgan fingerprint density at radius 1 is 1.25 bits per heavy atom. The molecule has 3 heterocycles. The maximum absolute atomic E-state index is 12.6. The highest BCUT2D eigenvalue weighted by molar-refractivity contribution is 5.95. The van der Waals surface area contributed by atoms with Gasteiger partial charge in [-0.1, -0.05) is 0 Å². The topological polar surface area (TPSA) is 45.2 Å². The zero-order valence-corrected chi connectivity index (χ0v) is 12.2. The van der Waals surface area contributed by atoms with Crippen LogP contribution in [0.25, 0.3) is 0 Å². The second kappa shape index (κ2) is 5.52. The molecule has 20 heavy (non-hydrogen) atoms. The lowest BCUT2D eigenvalue weighted by atomic mass is 9.71. The van der Waals surface area contributed by atoms with E-state index >= 15 is 0 Å². The predicted octanol–water partition coefficient (Wildman–Crippen LogP) is 2.00. The van der Waals surface area contributed by atoms with Crippen LogP contribution in [0.1, 0.15) is 41.7 Å². The van der Waals surface area contributed by atoms with Crippen LogP contribution in [0.15, 0.2) is 18.3 Å². The van der Waals surface area contributed by atoms with Crippen molar-refractivity contribution < 1.29 is 4.79 Å². The highest BCUT2D eigenvalue weighted by Gasteiger charge is 2.36. The van der Waals surface area contributed by atoms with Crippen molar-refractivity contribution >= 4 is 5.91 Å². The van der Waals surface area contributed by atoms with Crippen molar-refractivity contribution in [2.24, 2.45) is 5.41 Å². The van der Waals surface area contributed by atoms with Gasteiger partial charge < -0.3 is 10.2 Å². The average molecular weight is 273 g/mol. The summed E-state index contributed by atoms with van der Waals surface area (Å²) in [4.78, 5) is 18.8. The Balaban J connectivity index is 1.66. The van der Waals surface area contributed by atoms with E-state index in [1.54, 1.807) is 6.20 Å². The van der Waals surface area contributed by atoms with Crippen LogP contribution in [0.2, 0.25) is 0 Å². The number of amides is 1. The molecule has 1 spiro atoms. The zero-order chi connectivity index (χ0) is 14.0. The summed E-state index contributed by atoms with van der Waals surface area (Å²) < 4.78 is 0. The summed E-state index contributed by atoms with van der Waals surface area (Å²) in [7, 11) is 0. The molecule has 4 heteroatoms. The number of carbonyl (C=O) groups is 1. The average Bonchev–Trinajstić information content (AvgIpc) is 2.49. The Kier molecular flexibility index (Phi) is 3.74. The molecule has 0 bridgehead atoms. The first-order valence-electron chi connectivity index (χ1n) is 7.62. The summed E-state index contributed by atoms with van der Waals surface area (Å²) in [6.07, 6.45) is 6.58. The predicted molar refractivity (Wildman–Crippen MR) is 78.6 cm³/mol. The summed E-state index contributed by atoms with van der Waals surface area (Å²) >= 11 is 0. The van der Waals surface area contributed by atoms with Gasteiger partial charge >= 0.3 is 0 Å². The Morgan fingerprint density at radius 2 is 1.95 bits per heavy atom. The number of likely N-dealkylation sites (tertiary alicyclic amines) is 1. The molecular weight excluding hydrogens is 250 g/mol. The minimum absolute atomic E-state index is 0.152. The second-order valence-corrected chi connectivity index (χ2v) is 6.18. The molecule has 2 fully saturated rings. The zero-order valence-electron chi connectivity index (χ0n) is 12.2. The van der Waals surface area contributed by atoms with Gasteiger partial charge in [-0.2, -0.15) is 0 Å². The third-order valence-corrected chi connectivity index (χ3v) is 5.01. The third kappa shape index (κ3) is 2.57. The largest absolute Gasteiger partial charge is 0.339 e. The minimum atomic E-state index is 0.152. The SMILES string of the molecule is Cc1ncccc1C(=O)N1CCC2(CCNCC2)CC1. The van der Waals surface area contributed by atoms with E-state index in [0.29, 0.717) is 5.41 Å². The molecule has 2 aliphatic heterocycles. The first kappa shape index (κ1) is 13.6. The van der Waals surface area contributed by atoms with E-state index in [-0.39, 0.29) is 5.91 Å². The Morgan fingerprint density at radius 3 is 2.60 bits per heavy atom. The van der Waals surface area contributed by atoms with Gasteiger partial charge in [0.2, 0.25) is 0 Å². The number of pyridine rings is 1. The van der Waals surface area contributed by atoms with Gasteiger partial charge in [0.25, 0.3) is 5.91 Å². The number of nitrogens with zero attached hydrogens (tertiary/aromatic N) is 2. The van der Waals surface area contributed by atoms with Crippen molar-refractivity contribution in [1.29, 1.82) is 0 Å². The molecule has 0 saturated carbocycles. The normalized spacial score (nSPS) is 21.9. The number of carbonyl (C=O) groups excluding carboxylic acids is 1. The van der Waals surface area contributed by atoms with Crippen LogP contribution >= 0.6 is 0 Å². The number of nitrogens with one attached hydrogen (secondary N) is 1. The maximum atomic E-state index is 12.6. The lowest BCUT2D eigenvalue weighted by Crippen LogP contribution is -2.47. The van der Waals surface area contributed by atoms with Crippen LogP contribution in [0.5, 0.6) is 0 Å². The Bertz CT molecular complexity index is 484. The van der Waals surface area contributed by atoms with E-state index < -0.39 is 0 Å². The van der Waals surface area contributed by atoms with Crippen LogP contribution in [-0.4, -0.2) is 42.0 Å². The number of aryl methyl sites for hydroxylation is 1. The van der Waals surface area contributed by atoms with Gasteiger partial charge in [0.1, 0.15) is 0 Å². The van der Waals surface area contributed by atoms with Gasteiger partial charge in [-0.15, -0.1) is 0 Å². The number of hydrogen-bond acceptors (Lipinski definition) is 3. The van der Waals surface area contributed by atoms with Gasteiger partial charge in [0.05, 0.1) is 5.56 Å². The number of piperidine rings is 2. The lowest BCUT2D eigenvalue weighted by molar-refractivity contribution is 0.0494. The van der Waals surface area contributed by atoms with Crippen molar-refractivity contribution in [3.05, 3.63) is 29.6 Å².